The lowest BCUT2D eigenvalue weighted by Crippen LogP contribution is -2.41. The Labute approximate surface area is 165 Å². The highest BCUT2D eigenvalue weighted by Gasteiger charge is 2.17. The van der Waals surface area contributed by atoms with Gasteiger partial charge in [-0.1, -0.05) is 18.2 Å². The second kappa shape index (κ2) is 10.2. The van der Waals surface area contributed by atoms with Crippen LogP contribution in [-0.2, 0) is 16.0 Å². The number of hydrogen-bond donors (Lipinski definition) is 2. The second-order valence-electron chi connectivity index (χ2n) is 6.16. The molecule has 0 aliphatic rings. The standard InChI is InChI=1S/C21H26N2O5/c1-14(16-7-10-18(27-3)19(13-16)28-4)23-21(25)20(24)22-12-11-15-5-8-17(26-2)9-6-15/h5-10,13-14H,11-12H2,1-4H3,(H,22,24)(H,23,25). The first-order valence-electron chi connectivity index (χ1n) is 8.92. The van der Waals surface area contributed by atoms with Gasteiger partial charge in [-0.05, 0) is 48.7 Å². The van der Waals surface area contributed by atoms with E-state index in [1.54, 1.807) is 40.4 Å². The second-order valence-corrected chi connectivity index (χ2v) is 6.16. The smallest absolute Gasteiger partial charge is 0.309 e. The van der Waals surface area contributed by atoms with Crippen LogP contribution in [0.1, 0.15) is 24.1 Å². The van der Waals surface area contributed by atoms with E-state index >= 15 is 0 Å². The van der Waals surface area contributed by atoms with Crippen LogP contribution in [0.4, 0.5) is 0 Å². The quantitative estimate of drug-likeness (QED) is 0.680. The van der Waals surface area contributed by atoms with Crippen molar-refractivity contribution in [2.75, 3.05) is 27.9 Å². The summed E-state index contributed by atoms with van der Waals surface area (Å²) in [6, 6.07) is 12.5. The molecule has 0 saturated carbocycles. The number of benzene rings is 2. The van der Waals surface area contributed by atoms with Gasteiger partial charge >= 0.3 is 11.8 Å². The molecule has 2 aromatic carbocycles. The largest absolute Gasteiger partial charge is 0.497 e. The van der Waals surface area contributed by atoms with Crippen LogP contribution < -0.4 is 24.8 Å². The minimum Gasteiger partial charge on any atom is -0.497 e. The van der Waals surface area contributed by atoms with Gasteiger partial charge in [0.25, 0.3) is 0 Å². The van der Waals surface area contributed by atoms with Crippen LogP contribution in [0.3, 0.4) is 0 Å². The summed E-state index contributed by atoms with van der Waals surface area (Å²) in [6.45, 7) is 2.16. The van der Waals surface area contributed by atoms with Gasteiger partial charge in [-0.25, -0.2) is 0 Å². The van der Waals surface area contributed by atoms with Gasteiger partial charge in [-0.3, -0.25) is 9.59 Å². The molecule has 150 valence electrons. The predicted molar refractivity (Wildman–Crippen MR) is 106 cm³/mol. The molecule has 0 aromatic heterocycles. The molecule has 0 saturated heterocycles. The van der Waals surface area contributed by atoms with E-state index in [0.29, 0.717) is 24.5 Å². The summed E-state index contributed by atoms with van der Waals surface area (Å²) in [5.41, 5.74) is 1.84. The van der Waals surface area contributed by atoms with Crippen LogP contribution in [0.5, 0.6) is 17.2 Å². The average Bonchev–Trinajstić information content (AvgIpc) is 2.73. The maximum Gasteiger partial charge on any atom is 0.309 e. The Morgan fingerprint density at radius 2 is 1.57 bits per heavy atom. The Morgan fingerprint density at radius 3 is 2.18 bits per heavy atom. The third-order valence-corrected chi connectivity index (χ3v) is 4.32. The van der Waals surface area contributed by atoms with Gasteiger partial charge in [-0.15, -0.1) is 0 Å². The third-order valence-electron chi connectivity index (χ3n) is 4.32. The Morgan fingerprint density at radius 1 is 0.893 bits per heavy atom. The Bertz CT molecular complexity index is 805. The first-order chi connectivity index (χ1) is 13.5. The van der Waals surface area contributed by atoms with Crippen LogP contribution in [0.2, 0.25) is 0 Å². The first kappa shape index (κ1) is 21.1. The lowest BCUT2D eigenvalue weighted by molar-refractivity contribution is -0.139. The van der Waals surface area contributed by atoms with E-state index in [4.69, 9.17) is 14.2 Å². The molecule has 0 bridgehead atoms. The van der Waals surface area contributed by atoms with Crippen LogP contribution in [0.15, 0.2) is 42.5 Å². The van der Waals surface area contributed by atoms with Gasteiger partial charge in [0.05, 0.1) is 27.4 Å². The molecule has 0 aliphatic carbocycles. The molecule has 2 amide bonds. The Hall–Kier alpha value is -3.22. The van der Waals surface area contributed by atoms with Gasteiger partial charge in [0.2, 0.25) is 0 Å². The fraction of sp³-hybridized carbons (Fsp3) is 0.333. The molecule has 0 fully saturated rings. The normalized spacial score (nSPS) is 11.3. The zero-order valence-electron chi connectivity index (χ0n) is 16.6. The zero-order chi connectivity index (χ0) is 20.5. The summed E-state index contributed by atoms with van der Waals surface area (Å²) in [4.78, 5) is 24.2. The van der Waals surface area contributed by atoms with Crippen molar-refractivity contribution in [2.45, 2.75) is 19.4 Å². The van der Waals surface area contributed by atoms with E-state index < -0.39 is 11.8 Å². The Kier molecular flexibility index (Phi) is 7.68. The van der Waals surface area contributed by atoms with Gasteiger partial charge in [0.1, 0.15) is 5.75 Å². The summed E-state index contributed by atoms with van der Waals surface area (Å²) < 4.78 is 15.6. The molecule has 0 radical (unpaired) electrons. The van der Waals surface area contributed by atoms with Crippen LogP contribution in [0, 0.1) is 0 Å². The predicted octanol–water partition coefficient (Wildman–Crippen LogP) is 2.25. The maximum absolute atomic E-state index is 12.1. The van der Waals surface area contributed by atoms with E-state index in [9.17, 15) is 9.59 Å². The summed E-state index contributed by atoms with van der Waals surface area (Å²) in [5, 5.41) is 5.31. The zero-order valence-corrected chi connectivity index (χ0v) is 16.6. The molecule has 1 unspecified atom stereocenters. The van der Waals surface area contributed by atoms with Gasteiger partial charge in [-0.2, -0.15) is 0 Å². The molecular formula is C21H26N2O5. The minimum absolute atomic E-state index is 0.361. The van der Waals surface area contributed by atoms with E-state index in [1.165, 1.54) is 0 Å². The molecule has 7 nitrogen and oxygen atoms in total. The van der Waals surface area contributed by atoms with Crippen molar-refractivity contribution >= 4 is 11.8 Å². The number of hydrogen-bond acceptors (Lipinski definition) is 5. The van der Waals surface area contributed by atoms with E-state index in [2.05, 4.69) is 10.6 Å². The highest BCUT2D eigenvalue weighted by Crippen LogP contribution is 2.29. The van der Waals surface area contributed by atoms with Gasteiger partial charge in [0.15, 0.2) is 11.5 Å². The first-order valence-corrected chi connectivity index (χ1v) is 8.92. The summed E-state index contributed by atoms with van der Waals surface area (Å²) >= 11 is 0. The van der Waals surface area contributed by atoms with Gasteiger partial charge in [0, 0.05) is 6.54 Å². The maximum atomic E-state index is 12.1. The number of amides is 2. The van der Waals surface area contributed by atoms with E-state index in [0.717, 1.165) is 16.9 Å². The SMILES string of the molecule is COc1ccc(CCNC(=O)C(=O)NC(C)c2ccc(OC)c(OC)c2)cc1. The number of rotatable bonds is 8. The van der Waals surface area contributed by atoms with Crippen molar-refractivity contribution in [3.8, 4) is 17.2 Å². The van der Waals surface area contributed by atoms with Gasteiger partial charge < -0.3 is 24.8 Å². The molecule has 1 atom stereocenters. The van der Waals surface area contributed by atoms with E-state index in [-0.39, 0.29) is 6.04 Å². The average molecular weight is 386 g/mol. The van der Waals surface area contributed by atoms with Crippen molar-refractivity contribution in [3.63, 3.8) is 0 Å². The third kappa shape index (κ3) is 5.64. The number of nitrogens with one attached hydrogen (secondary N) is 2. The monoisotopic (exact) mass is 386 g/mol. The van der Waals surface area contributed by atoms with Crippen molar-refractivity contribution < 1.29 is 23.8 Å². The van der Waals surface area contributed by atoms with Crippen molar-refractivity contribution in [2.24, 2.45) is 0 Å². The topological polar surface area (TPSA) is 85.9 Å². The fourth-order valence-electron chi connectivity index (χ4n) is 2.66. The number of methoxy groups -OCH3 is 3. The molecule has 2 rings (SSSR count). The van der Waals surface area contributed by atoms with Crippen molar-refractivity contribution in [3.05, 3.63) is 53.6 Å². The van der Waals surface area contributed by atoms with Crippen molar-refractivity contribution in [1.82, 2.24) is 10.6 Å². The summed E-state index contributed by atoms with van der Waals surface area (Å²) in [7, 11) is 4.71. The lowest BCUT2D eigenvalue weighted by atomic mass is 10.1. The molecule has 2 aromatic rings. The number of carbonyl (C=O) groups excluding carboxylic acids is 2. The number of carbonyl (C=O) groups is 2. The Balaban J connectivity index is 1.84. The molecule has 7 heteroatoms. The van der Waals surface area contributed by atoms with Crippen molar-refractivity contribution in [1.29, 1.82) is 0 Å². The minimum atomic E-state index is -0.683. The molecule has 0 heterocycles. The highest BCUT2D eigenvalue weighted by atomic mass is 16.5. The highest BCUT2D eigenvalue weighted by molar-refractivity contribution is 6.35. The fourth-order valence-corrected chi connectivity index (χ4v) is 2.66. The molecule has 2 N–H and O–H groups in total. The van der Waals surface area contributed by atoms with Crippen LogP contribution in [0.25, 0.3) is 0 Å². The molecule has 0 aliphatic heterocycles. The number of ether oxygens (including phenoxy) is 3. The molecule has 0 spiro atoms. The lowest BCUT2D eigenvalue weighted by Gasteiger charge is -2.16. The molecule has 28 heavy (non-hydrogen) atoms. The summed E-state index contributed by atoms with van der Waals surface area (Å²) in [6.07, 6.45) is 0.619. The van der Waals surface area contributed by atoms with E-state index in [1.807, 2.05) is 30.3 Å². The van der Waals surface area contributed by atoms with Crippen LogP contribution in [-0.4, -0.2) is 39.7 Å². The summed E-state index contributed by atoms with van der Waals surface area (Å²) in [5.74, 6) is 0.584. The molecular weight excluding hydrogens is 360 g/mol. The van der Waals surface area contributed by atoms with Crippen LogP contribution >= 0.6 is 0 Å².